The van der Waals surface area contributed by atoms with E-state index in [9.17, 15) is 4.39 Å². The second-order valence-electron chi connectivity index (χ2n) is 5.62. The van der Waals surface area contributed by atoms with Crippen LogP contribution in [0.5, 0.6) is 0 Å². The molecule has 3 rings (SSSR count). The summed E-state index contributed by atoms with van der Waals surface area (Å²) in [5.41, 5.74) is 1.60. The van der Waals surface area contributed by atoms with Crippen LogP contribution in [0, 0.1) is 5.82 Å². The average Bonchev–Trinajstić information content (AvgIpc) is 2.77. The molecule has 20 heavy (non-hydrogen) atoms. The Kier molecular flexibility index (Phi) is 3.59. The van der Waals surface area contributed by atoms with Gasteiger partial charge in [0.2, 0.25) is 0 Å². The molecule has 2 aromatic rings. The number of halogens is 2. The number of nitrogens with zero attached hydrogens (tertiary/aromatic N) is 3. The maximum atomic E-state index is 13.6. The fraction of sp³-hybridized carbons (Fsp3) is 0.533. The highest BCUT2D eigenvalue weighted by Gasteiger charge is 2.28. The lowest BCUT2D eigenvalue weighted by atomic mass is 10.00. The Hall–Kier alpha value is -1.29. The van der Waals surface area contributed by atoms with Crippen molar-refractivity contribution in [1.29, 1.82) is 0 Å². The summed E-state index contributed by atoms with van der Waals surface area (Å²) in [6.45, 7) is 4.41. The molecule has 0 bridgehead atoms. The summed E-state index contributed by atoms with van der Waals surface area (Å²) >= 11 is 6.05. The van der Waals surface area contributed by atoms with Gasteiger partial charge in [-0.25, -0.2) is 14.1 Å². The minimum absolute atomic E-state index is 0.239. The molecule has 0 amide bonds. The van der Waals surface area contributed by atoms with Crippen LogP contribution in [0.25, 0.3) is 11.0 Å². The fourth-order valence-corrected chi connectivity index (χ4v) is 3.41. The van der Waals surface area contributed by atoms with Crippen molar-refractivity contribution in [2.24, 2.45) is 0 Å². The maximum absolute atomic E-state index is 13.6. The van der Waals surface area contributed by atoms with Crippen molar-refractivity contribution in [3.8, 4) is 0 Å². The lowest BCUT2D eigenvalue weighted by Gasteiger charge is -2.42. The van der Waals surface area contributed by atoms with Gasteiger partial charge >= 0.3 is 0 Å². The molecule has 3 nitrogen and oxygen atoms in total. The predicted octanol–water partition coefficient (Wildman–Crippen LogP) is 3.81. The van der Waals surface area contributed by atoms with Gasteiger partial charge in [0, 0.05) is 18.2 Å². The van der Waals surface area contributed by atoms with Gasteiger partial charge in [0.25, 0.3) is 0 Å². The number of hydrogen-bond donors (Lipinski definition) is 0. The van der Waals surface area contributed by atoms with Gasteiger partial charge in [-0.15, -0.1) is 11.6 Å². The third-order valence-electron chi connectivity index (χ3n) is 4.16. The Balaban J connectivity index is 2.19. The van der Waals surface area contributed by atoms with Crippen LogP contribution >= 0.6 is 11.6 Å². The lowest BCUT2D eigenvalue weighted by molar-refractivity contribution is 0.337. The number of rotatable bonds is 2. The Bertz CT molecular complexity index is 615. The van der Waals surface area contributed by atoms with E-state index in [1.807, 2.05) is 4.68 Å². The second kappa shape index (κ2) is 5.24. The first kappa shape index (κ1) is 13.7. The largest absolute Gasteiger partial charge is 0.305 e. The number of imidazole rings is 1. The highest BCUT2D eigenvalue weighted by molar-refractivity contribution is 6.16. The van der Waals surface area contributed by atoms with Crippen LogP contribution in [0.1, 0.15) is 38.9 Å². The van der Waals surface area contributed by atoms with Crippen molar-refractivity contribution >= 4 is 22.6 Å². The molecule has 5 heteroatoms. The molecule has 2 atom stereocenters. The molecule has 1 fully saturated rings. The minimum atomic E-state index is -0.239. The zero-order valence-electron chi connectivity index (χ0n) is 11.8. The van der Waals surface area contributed by atoms with Crippen molar-refractivity contribution in [2.75, 3.05) is 5.01 Å². The molecule has 1 aromatic carbocycles. The molecule has 108 valence electrons. The minimum Gasteiger partial charge on any atom is -0.305 e. The molecule has 2 unspecified atom stereocenters. The first-order valence-corrected chi connectivity index (χ1v) is 7.66. The maximum Gasteiger partial charge on any atom is 0.143 e. The van der Waals surface area contributed by atoms with Gasteiger partial charge in [-0.05, 0) is 45.2 Å². The molecule has 0 radical (unpaired) electrons. The summed E-state index contributed by atoms with van der Waals surface area (Å²) in [5.74, 6) is 0.872. The monoisotopic (exact) mass is 295 g/mol. The number of fused-ring (bicyclic) bond motifs is 1. The van der Waals surface area contributed by atoms with Crippen molar-refractivity contribution in [2.45, 2.75) is 51.1 Å². The third-order valence-corrected chi connectivity index (χ3v) is 4.40. The van der Waals surface area contributed by atoms with E-state index in [1.54, 1.807) is 12.1 Å². The van der Waals surface area contributed by atoms with Crippen LogP contribution in [0.15, 0.2) is 18.2 Å². The molecule has 0 N–H and O–H groups in total. The summed E-state index contributed by atoms with van der Waals surface area (Å²) < 4.78 is 15.6. The number of benzene rings is 1. The standard InChI is InChI=1S/C15H19ClFN3/c1-10-4-3-5-11(2)19(10)20-14-8-12(17)6-7-13(14)18-15(20)9-16/h6-8,10-11H,3-5,9H2,1-2H3. The zero-order valence-corrected chi connectivity index (χ0v) is 12.6. The van der Waals surface area contributed by atoms with E-state index in [0.717, 1.165) is 29.7 Å². The van der Waals surface area contributed by atoms with E-state index in [1.165, 1.54) is 12.5 Å². The molecular weight excluding hydrogens is 277 g/mol. The first-order chi connectivity index (χ1) is 9.61. The smallest absolute Gasteiger partial charge is 0.143 e. The van der Waals surface area contributed by atoms with Crippen LogP contribution in [-0.4, -0.2) is 21.7 Å². The van der Waals surface area contributed by atoms with Crippen LogP contribution in [-0.2, 0) is 5.88 Å². The van der Waals surface area contributed by atoms with E-state index < -0.39 is 0 Å². The van der Waals surface area contributed by atoms with Gasteiger partial charge in [0.15, 0.2) is 0 Å². The predicted molar refractivity (Wildman–Crippen MR) is 80.2 cm³/mol. The van der Waals surface area contributed by atoms with Crippen molar-refractivity contribution in [3.63, 3.8) is 0 Å². The average molecular weight is 296 g/mol. The Morgan fingerprint density at radius 3 is 2.65 bits per heavy atom. The van der Waals surface area contributed by atoms with E-state index in [-0.39, 0.29) is 5.82 Å². The summed E-state index contributed by atoms with van der Waals surface area (Å²) in [6.07, 6.45) is 3.51. The summed E-state index contributed by atoms with van der Waals surface area (Å²) in [4.78, 5) is 4.54. The Morgan fingerprint density at radius 2 is 2.00 bits per heavy atom. The first-order valence-electron chi connectivity index (χ1n) is 7.13. The van der Waals surface area contributed by atoms with E-state index in [4.69, 9.17) is 11.6 Å². The van der Waals surface area contributed by atoms with E-state index in [2.05, 4.69) is 23.8 Å². The Morgan fingerprint density at radius 1 is 1.30 bits per heavy atom. The molecule has 0 spiro atoms. The van der Waals surface area contributed by atoms with Gasteiger partial charge in [-0.2, -0.15) is 0 Å². The topological polar surface area (TPSA) is 21.1 Å². The third kappa shape index (κ3) is 2.16. The van der Waals surface area contributed by atoms with Crippen molar-refractivity contribution in [3.05, 3.63) is 29.8 Å². The van der Waals surface area contributed by atoms with Crippen molar-refractivity contribution in [1.82, 2.24) is 9.66 Å². The fourth-order valence-electron chi connectivity index (χ4n) is 3.23. The molecule has 0 saturated carbocycles. The molecule has 1 aromatic heterocycles. The lowest BCUT2D eigenvalue weighted by Crippen LogP contribution is -2.51. The van der Waals surface area contributed by atoms with Crippen LogP contribution in [0.2, 0.25) is 0 Å². The normalized spacial score (nSPS) is 23.5. The number of alkyl halides is 1. The van der Waals surface area contributed by atoms with Crippen LogP contribution in [0.3, 0.4) is 0 Å². The van der Waals surface area contributed by atoms with E-state index in [0.29, 0.717) is 18.0 Å². The van der Waals surface area contributed by atoms with Gasteiger partial charge < -0.3 is 5.01 Å². The quantitative estimate of drug-likeness (QED) is 0.786. The second-order valence-corrected chi connectivity index (χ2v) is 5.88. The van der Waals surface area contributed by atoms with Crippen molar-refractivity contribution < 1.29 is 4.39 Å². The van der Waals surface area contributed by atoms with Gasteiger partial charge in [-0.1, -0.05) is 0 Å². The summed E-state index contributed by atoms with van der Waals surface area (Å²) in [7, 11) is 0. The molecular formula is C15H19ClFN3. The van der Waals surface area contributed by atoms with Crippen LogP contribution in [0.4, 0.5) is 4.39 Å². The zero-order chi connectivity index (χ0) is 14.3. The molecule has 1 aliphatic rings. The molecule has 1 aliphatic heterocycles. The highest BCUT2D eigenvalue weighted by atomic mass is 35.5. The summed E-state index contributed by atoms with van der Waals surface area (Å²) in [5, 5.41) is 2.30. The molecule has 2 heterocycles. The van der Waals surface area contributed by atoms with Gasteiger partial charge in [0.05, 0.1) is 16.9 Å². The summed E-state index contributed by atoms with van der Waals surface area (Å²) in [6, 6.07) is 5.52. The number of aromatic nitrogens is 2. The Labute approximate surface area is 123 Å². The molecule has 1 saturated heterocycles. The van der Waals surface area contributed by atoms with Gasteiger partial charge in [0.1, 0.15) is 11.6 Å². The van der Waals surface area contributed by atoms with Crippen LogP contribution < -0.4 is 5.01 Å². The number of piperidine rings is 1. The highest BCUT2D eigenvalue weighted by Crippen LogP contribution is 2.27. The van der Waals surface area contributed by atoms with Gasteiger partial charge in [-0.3, -0.25) is 0 Å². The number of hydrogen-bond acceptors (Lipinski definition) is 2. The molecule has 0 aliphatic carbocycles. The SMILES string of the molecule is CC1CCCC(C)N1n1c(CCl)nc2ccc(F)cc21. The van der Waals surface area contributed by atoms with E-state index >= 15 is 0 Å².